The van der Waals surface area contributed by atoms with Gasteiger partial charge in [0, 0.05) is 12.4 Å². The molecule has 0 aliphatic heterocycles. The van der Waals surface area contributed by atoms with Crippen LogP contribution in [0.2, 0.25) is 5.28 Å². The molecule has 0 fully saturated rings. The van der Waals surface area contributed by atoms with E-state index in [9.17, 15) is 4.79 Å². The molecule has 0 saturated heterocycles. The van der Waals surface area contributed by atoms with Gasteiger partial charge in [0.2, 0.25) is 11.2 Å². The molecule has 7 heteroatoms. The summed E-state index contributed by atoms with van der Waals surface area (Å²) < 4.78 is 1.88. The zero-order valence-corrected chi connectivity index (χ0v) is 15.3. The number of pyridine rings is 1. The lowest BCUT2D eigenvalue weighted by molar-refractivity contribution is -0.115. The molecule has 4 rings (SSSR count). The van der Waals surface area contributed by atoms with Gasteiger partial charge in [0.05, 0.1) is 29.7 Å². The number of halogens is 1. The van der Waals surface area contributed by atoms with E-state index in [1.807, 2.05) is 60.0 Å². The highest BCUT2D eigenvalue weighted by atomic mass is 35.5. The molecule has 1 aromatic carbocycles. The van der Waals surface area contributed by atoms with Crippen LogP contribution in [0.15, 0.2) is 61.1 Å². The molecule has 27 heavy (non-hydrogen) atoms. The van der Waals surface area contributed by atoms with Crippen molar-refractivity contribution in [2.45, 2.75) is 13.3 Å². The zero-order chi connectivity index (χ0) is 18.8. The van der Waals surface area contributed by atoms with Crippen LogP contribution >= 0.6 is 11.6 Å². The summed E-state index contributed by atoms with van der Waals surface area (Å²) in [7, 11) is 0. The molecular weight excluding hydrogens is 362 g/mol. The number of carbonyl (C=O) groups is 1. The SMILES string of the molecule is Cc1cnc(Cl)nc1-c1cnc2ccc(NC(=O)Cc3ccccc3)cn12. The smallest absolute Gasteiger partial charge is 0.228 e. The second-order valence-corrected chi connectivity index (χ2v) is 6.51. The maximum absolute atomic E-state index is 12.3. The summed E-state index contributed by atoms with van der Waals surface area (Å²) in [6, 6.07) is 13.3. The highest BCUT2D eigenvalue weighted by molar-refractivity contribution is 6.28. The van der Waals surface area contributed by atoms with Gasteiger partial charge >= 0.3 is 0 Å². The minimum Gasteiger partial charge on any atom is -0.324 e. The van der Waals surface area contributed by atoms with Gasteiger partial charge in [0.1, 0.15) is 5.65 Å². The van der Waals surface area contributed by atoms with E-state index in [0.717, 1.165) is 22.5 Å². The standard InChI is InChI=1S/C20H16ClN5O/c1-13-10-23-20(21)25-19(13)16-11-22-17-8-7-15(12-26(16)17)24-18(27)9-14-5-3-2-4-6-14/h2-8,10-12H,9H2,1H3,(H,24,27). The van der Waals surface area contributed by atoms with Crippen LogP contribution in [0, 0.1) is 6.92 Å². The molecule has 0 atom stereocenters. The zero-order valence-electron chi connectivity index (χ0n) is 14.6. The van der Waals surface area contributed by atoms with E-state index < -0.39 is 0 Å². The van der Waals surface area contributed by atoms with Gasteiger partial charge in [-0.2, -0.15) is 0 Å². The molecule has 0 radical (unpaired) electrons. The molecular formula is C20H16ClN5O. The van der Waals surface area contributed by atoms with Crippen molar-refractivity contribution in [1.82, 2.24) is 19.4 Å². The minimum atomic E-state index is -0.0801. The third-order valence-corrected chi connectivity index (χ3v) is 4.36. The normalized spacial score (nSPS) is 10.9. The molecule has 1 amide bonds. The number of benzene rings is 1. The van der Waals surface area contributed by atoms with Crippen LogP contribution in [0.5, 0.6) is 0 Å². The van der Waals surface area contributed by atoms with Crippen molar-refractivity contribution in [3.05, 3.63) is 77.5 Å². The molecule has 0 aliphatic rings. The predicted molar refractivity (Wildman–Crippen MR) is 105 cm³/mol. The van der Waals surface area contributed by atoms with Crippen LogP contribution < -0.4 is 5.32 Å². The van der Waals surface area contributed by atoms with Crippen molar-refractivity contribution < 1.29 is 4.79 Å². The largest absolute Gasteiger partial charge is 0.324 e. The number of nitrogens with zero attached hydrogens (tertiary/aromatic N) is 4. The number of hydrogen-bond acceptors (Lipinski definition) is 4. The molecule has 0 unspecified atom stereocenters. The third kappa shape index (κ3) is 3.66. The average Bonchev–Trinajstić information content (AvgIpc) is 3.07. The van der Waals surface area contributed by atoms with Crippen LogP contribution in [-0.2, 0) is 11.2 Å². The number of rotatable bonds is 4. The Morgan fingerprint density at radius 1 is 1.11 bits per heavy atom. The van der Waals surface area contributed by atoms with Gasteiger partial charge in [-0.15, -0.1) is 0 Å². The summed E-state index contributed by atoms with van der Waals surface area (Å²) in [5.41, 5.74) is 4.77. The molecule has 1 N–H and O–H groups in total. The predicted octanol–water partition coefficient (Wildman–Crippen LogP) is 3.93. The summed E-state index contributed by atoms with van der Waals surface area (Å²) in [6.07, 6.45) is 5.55. The van der Waals surface area contributed by atoms with Crippen molar-refractivity contribution in [3.63, 3.8) is 0 Å². The van der Waals surface area contributed by atoms with Crippen molar-refractivity contribution in [1.29, 1.82) is 0 Å². The van der Waals surface area contributed by atoms with Crippen LogP contribution in [0.25, 0.3) is 17.0 Å². The van der Waals surface area contributed by atoms with Crippen molar-refractivity contribution in [3.8, 4) is 11.4 Å². The first-order valence-corrected chi connectivity index (χ1v) is 8.78. The molecule has 0 saturated carbocycles. The monoisotopic (exact) mass is 377 g/mol. The lowest BCUT2D eigenvalue weighted by atomic mass is 10.1. The quantitative estimate of drug-likeness (QED) is 0.547. The fourth-order valence-corrected chi connectivity index (χ4v) is 3.03. The van der Waals surface area contributed by atoms with Gasteiger partial charge in [-0.3, -0.25) is 9.20 Å². The van der Waals surface area contributed by atoms with Crippen LogP contribution in [0.1, 0.15) is 11.1 Å². The number of fused-ring (bicyclic) bond motifs is 1. The Balaban J connectivity index is 1.64. The maximum Gasteiger partial charge on any atom is 0.228 e. The number of anilines is 1. The highest BCUT2D eigenvalue weighted by Gasteiger charge is 2.12. The Bertz CT molecular complexity index is 1120. The number of aryl methyl sites for hydroxylation is 1. The summed E-state index contributed by atoms with van der Waals surface area (Å²) >= 11 is 5.95. The van der Waals surface area contributed by atoms with Gasteiger partial charge in [0.15, 0.2) is 0 Å². The molecule has 0 bridgehead atoms. The first-order chi connectivity index (χ1) is 13.1. The Hall–Kier alpha value is -3.25. The number of amides is 1. The van der Waals surface area contributed by atoms with E-state index in [2.05, 4.69) is 20.3 Å². The summed E-state index contributed by atoms with van der Waals surface area (Å²) in [5.74, 6) is -0.0801. The Morgan fingerprint density at radius 2 is 1.93 bits per heavy atom. The number of imidazole rings is 1. The first-order valence-electron chi connectivity index (χ1n) is 8.40. The molecule has 0 aliphatic carbocycles. The topological polar surface area (TPSA) is 72.2 Å². The molecule has 6 nitrogen and oxygen atoms in total. The van der Waals surface area contributed by atoms with E-state index in [1.54, 1.807) is 12.4 Å². The van der Waals surface area contributed by atoms with Gasteiger partial charge in [-0.05, 0) is 41.8 Å². The third-order valence-electron chi connectivity index (χ3n) is 4.18. The molecule has 0 spiro atoms. The van der Waals surface area contributed by atoms with Crippen LogP contribution in [0.4, 0.5) is 5.69 Å². The Morgan fingerprint density at radius 3 is 2.74 bits per heavy atom. The molecule has 3 heterocycles. The van der Waals surface area contributed by atoms with Crippen molar-refractivity contribution in [2.75, 3.05) is 5.32 Å². The van der Waals surface area contributed by atoms with Crippen LogP contribution in [0.3, 0.4) is 0 Å². The van der Waals surface area contributed by atoms with Crippen molar-refractivity contribution in [2.24, 2.45) is 0 Å². The number of nitrogens with one attached hydrogen (secondary N) is 1. The lowest BCUT2D eigenvalue weighted by Crippen LogP contribution is -2.14. The van der Waals surface area contributed by atoms with E-state index in [1.165, 1.54) is 0 Å². The summed E-state index contributed by atoms with van der Waals surface area (Å²) in [6.45, 7) is 1.91. The number of hydrogen-bond donors (Lipinski definition) is 1. The summed E-state index contributed by atoms with van der Waals surface area (Å²) in [5, 5.41) is 3.11. The fourth-order valence-electron chi connectivity index (χ4n) is 2.90. The van der Waals surface area contributed by atoms with E-state index >= 15 is 0 Å². The maximum atomic E-state index is 12.3. The van der Waals surface area contributed by atoms with E-state index in [-0.39, 0.29) is 11.2 Å². The Kier molecular flexibility index (Phi) is 4.56. The number of carbonyl (C=O) groups excluding carboxylic acids is 1. The summed E-state index contributed by atoms with van der Waals surface area (Å²) in [4.78, 5) is 25.0. The van der Waals surface area contributed by atoms with Crippen molar-refractivity contribution >= 4 is 28.8 Å². The first kappa shape index (κ1) is 17.2. The van der Waals surface area contributed by atoms with Gasteiger partial charge in [0.25, 0.3) is 0 Å². The van der Waals surface area contributed by atoms with Gasteiger partial charge < -0.3 is 5.32 Å². The molecule has 4 aromatic rings. The highest BCUT2D eigenvalue weighted by Crippen LogP contribution is 2.24. The molecule has 3 aromatic heterocycles. The van der Waals surface area contributed by atoms with E-state index in [0.29, 0.717) is 17.8 Å². The minimum absolute atomic E-state index is 0.0801. The fraction of sp³-hybridized carbons (Fsp3) is 0.100. The average molecular weight is 378 g/mol. The van der Waals surface area contributed by atoms with Gasteiger partial charge in [-0.1, -0.05) is 30.3 Å². The number of aromatic nitrogens is 4. The Labute approximate surface area is 160 Å². The second-order valence-electron chi connectivity index (χ2n) is 6.17. The molecule has 134 valence electrons. The van der Waals surface area contributed by atoms with E-state index in [4.69, 9.17) is 11.6 Å². The second kappa shape index (κ2) is 7.17. The van der Waals surface area contributed by atoms with Crippen LogP contribution in [-0.4, -0.2) is 25.3 Å². The van der Waals surface area contributed by atoms with Gasteiger partial charge in [-0.25, -0.2) is 15.0 Å². The lowest BCUT2D eigenvalue weighted by Gasteiger charge is -2.08.